The lowest BCUT2D eigenvalue weighted by atomic mass is 10.1. The Hall–Kier alpha value is -3.00. The van der Waals surface area contributed by atoms with Crippen LogP contribution in [-0.2, 0) is 19.1 Å². The van der Waals surface area contributed by atoms with Gasteiger partial charge in [0.2, 0.25) is 5.91 Å². The van der Waals surface area contributed by atoms with Crippen LogP contribution in [0.5, 0.6) is 0 Å². The number of benzene rings is 2. The van der Waals surface area contributed by atoms with Crippen LogP contribution >= 0.6 is 15.9 Å². The maximum atomic E-state index is 12.1. The highest BCUT2D eigenvalue weighted by Gasteiger charge is 2.13. The third kappa shape index (κ3) is 9.01. The summed E-state index contributed by atoms with van der Waals surface area (Å²) in [4.78, 5) is 47.8. The maximum Gasteiger partial charge on any atom is 0.338 e. The smallest absolute Gasteiger partial charge is 0.338 e. The largest absolute Gasteiger partial charge is 0.462 e. The first-order valence-corrected chi connectivity index (χ1v) is 11.1. The van der Waals surface area contributed by atoms with E-state index in [-0.39, 0.29) is 31.1 Å². The Kier molecular flexibility index (Phi) is 10.1. The number of nitrogens with one attached hydrogen (secondary N) is 1. The van der Waals surface area contributed by atoms with Crippen LogP contribution in [0.1, 0.15) is 53.8 Å². The first kappa shape index (κ1) is 25.3. The number of hydrogen-bond acceptors (Lipinski definition) is 6. The standard InChI is InChI=1S/C24H26BrNO6/c1-16(2)13-14-31-24(30)18-5-9-20(10-6-18)26-22(28)11-12-23(29)32-15-21(27)17-3-7-19(25)8-4-17/h3-10,16H,11-15H2,1-2H3,(H,26,28). The fourth-order valence-electron chi connectivity index (χ4n) is 2.54. The maximum absolute atomic E-state index is 12.1. The molecule has 0 bridgehead atoms. The molecule has 0 atom stereocenters. The van der Waals surface area contributed by atoms with E-state index < -0.39 is 11.9 Å². The van der Waals surface area contributed by atoms with Crippen molar-refractivity contribution >= 4 is 45.2 Å². The van der Waals surface area contributed by atoms with Crippen LogP contribution in [0.15, 0.2) is 53.0 Å². The van der Waals surface area contributed by atoms with E-state index in [0.717, 1.165) is 10.9 Å². The van der Waals surface area contributed by atoms with E-state index in [4.69, 9.17) is 9.47 Å². The highest BCUT2D eigenvalue weighted by molar-refractivity contribution is 9.10. The molecule has 7 nitrogen and oxygen atoms in total. The molecular formula is C24H26BrNO6. The zero-order chi connectivity index (χ0) is 23.5. The molecule has 0 aliphatic rings. The van der Waals surface area contributed by atoms with Gasteiger partial charge in [-0.25, -0.2) is 4.79 Å². The lowest BCUT2D eigenvalue weighted by molar-refractivity contribution is -0.143. The predicted molar refractivity (Wildman–Crippen MR) is 123 cm³/mol. The number of hydrogen-bond donors (Lipinski definition) is 1. The summed E-state index contributed by atoms with van der Waals surface area (Å²) in [5.41, 5.74) is 1.32. The van der Waals surface area contributed by atoms with Gasteiger partial charge in [0.1, 0.15) is 0 Å². The second-order valence-corrected chi connectivity index (χ2v) is 8.45. The third-order valence-electron chi connectivity index (χ3n) is 4.42. The average molecular weight is 504 g/mol. The summed E-state index contributed by atoms with van der Waals surface area (Å²) in [6.07, 6.45) is 0.546. The molecule has 0 unspecified atom stereocenters. The van der Waals surface area contributed by atoms with Crippen molar-refractivity contribution in [1.82, 2.24) is 0 Å². The topological polar surface area (TPSA) is 98.8 Å². The van der Waals surface area contributed by atoms with E-state index in [2.05, 4.69) is 35.1 Å². The van der Waals surface area contributed by atoms with Crippen molar-refractivity contribution in [3.63, 3.8) is 0 Å². The third-order valence-corrected chi connectivity index (χ3v) is 4.95. The molecule has 8 heteroatoms. The van der Waals surface area contributed by atoms with Crippen molar-refractivity contribution in [3.05, 3.63) is 64.1 Å². The zero-order valence-electron chi connectivity index (χ0n) is 18.1. The molecule has 0 fully saturated rings. The second kappa shape index (κ2) is 12.8. The van der Waals surface area contributed by atoms with Gasteiger partial charge in [-0.3, -0.25) is 14.4 Å². The summed E-state index contributed by atoms with van der Waals surface area (Å²) in [5.74, 6) is -1.30. The van der Waals surface area contributed by atoms with Gasteiger partial charge >= 0.3 is 11.9 Å². The number of Topliss-reactive ketones (excluding diaryl/α,β-unsaturated/α-hetero) is 1. The Morgan fingerprint density at radius 2 is 1.50 bits per heavy atom. The van der Waals surface area contributed by atoms with Crippen LogP contribution in [0.25, 0.3) is 0 Å². The van der Waals surface area contributed by atoms with Crippen LogP contribution < -0.4 is 5.32 Å². The summed E-state index contributed by atoms with van der Waals surface area (Å²) in [5, 5.41) is 2.65. The van der Waals surface area contributed by atoms with E-state index in [1.165, 1.54) is 0 Å². The quantitative estimate of drug-likeness (QED) is 0.349. The minimum absolute atomic E-state index is 0.0930. The monoisotopic (exact) mass is 503 g/mol. The molecule has 0 radical (unpaired) electrons. The molecule has 2 aromatic carbocycles. The van der Waals surface area contributed by atoms with Gasteiger partial charge in [0.25, 0.3) is 0 Å². The van der Waals surface area contributed by atoms with Gasteiger partial charge in [-0.15, -0.1) is 0 Å². The molecule has 0 heterocycles. The molecule has 0 aliphatic carbocycles. The summed E-state index contributed by atoms with van der Waals surface area (Å²) >= 11 is 3.28. The SMILES string of the molecule is CC(C)CCOC(=O)c1ccc(NC(=O)CCC(=O)OCC(=O)c2ccc(Br)cc2)cc1. The number of ether oxygens (including phenoxy) is 2. The predicted octanol–water partition coefficient (Wildman–Crippen LogP) is 4.80. The summed E-state index contributed by atoms with van der Waals surface area (Å²) in [6, 6.07) is 13.0. The molecule has 0 saturated carbocycles. The van der Waals surface area contributed by atoms with Gasteiger partial charge in [-0.05, 0) is 48.7 Å². The second-order valence-electron chi connectivity index (χ2n) is 7.53. The van der Waals surface area contributed by atoms with E-state index in [9.17, 15) is 19.2 Å². The number of halogens is 1. The lowest BCUT2D eigenvalue weighted by Gasteiger charge is -2.08. The molecular weight excluding hydrogens is 478 g/mol. The van der Waals surface area contributed by atoms with Crippen molar-refractivity contribution in [2.24, 2.45) is 5.92 Å². The van der Waals surface area contributed by atoms with Crippen LogP contribution in [0.4, 0.5) is 5.69 Å². The average Bonchev–Trinajstić information content (AvgIpc) is 2.76. The fraction of sp³-hybridized carbons (Fsp3) is 0.333. The zero-order valence-corrected chi connectivity index (χ0v) is 19.6. The Morgan fingerprint density at radius 3 is 2.12 bits per heavy atom. The number of carbonyl (C=O) groups excluding carboxylic acids is 4. The normalized spacial score (nSPS) is 10.5. The van der Waals surface area contributed by atoms with Crippen LogP contribution in [0.2, 0.25) is 0 Å². The van der Waals surface area contributed by atoms with Crippen molar-refractivity contribution in [2.75, 3.05) is 18.5 Å². The Balaban J connectivity index is 1.70. The number of anilines is 1. The highest BCUT2D eigenvalue weighted by atomic mass is 79.9. The number of carbonyl (C=O) groups is 4. The fourth-order valence-corrected chi connectivity index (χ4v) is 2.80. The summed E-state index contributed by atoms with van der Waals surface area (Å²) in [6.45, 7) is 4.08. The molecule has 1 N–H and O–H groups in total. The lowest BCUT2D eigenvalue weighted by Crippen LogP contribution is -2.17. The number of ketones is 1. The number of amides is 1. The number of rotatable bonds is 11. The first-order chi connectivity index (χ1) is 15.2. The molecule has 1 amide bonds. The molecule has 0 spiro atoms. The van der Waals surface area contributed by atoms with Gasteiger partial charge in [0.05, 0.1) is 18.6 Å². The van der Waals surface area contributed by atoms with Crippen LogP contribution in [0, 0.1) is 5.92 Å². The highest BCUT2D eigenvalue weighted by Crippen LogP contribution is 2.13. The number of esters is 2. The minimum Gasteiger partial charge on any atom is -0.462 e. The minimum atomic E-state index is -0.634. The molecule has 2 aromatic rings. The van der Waals surface area contributed by atoms with Gasteiger partial charge in [-0.1, -0.05) is 41.9 Å². The Morgan fingerprint density at radius 1 is 0.875 bits per heavy atom. The van der Waals surface area contributed by atoms with Gasteiger partial charge in [-0.2, -0.15) is 0 Å². The van der Waals surface area contributed by atoms with E-state index in [0.29, 0.717) is 29.3 Å². The first-order valence-electron chi connectivity index (χ1n) is 10.3. The van der Waals surface area contributed by atoms with Crippen LogP contribution in [0.3, 0.4) is 0 Å². The van der Waals surface area contributed by atoms with Gasteiger partial charge < -0.3 is 14.8 Å². The van der Waals surface area contributed by atoms with Gasteiger partial charge in [0.15, 0.2) is 12.4 Å². The Bertz CT molecular complexity index is 938. The van der Waals surface area contributed by atoms with Gasteiger partial charge in [0, 0.05) is 22.1 Å². The molecule has 170 valence electrons. The molecule has 0 aliphatic heterocycles. The summed E-state index contributed by atoms with van der Waals surface area (Å²) < 4.78 is 11.0. The van der Waals surface area contributed by atoms with Crippen molar-refractivity contribution in [1.29, 1.82) is 0 Å². The molecule has 2 rings (SSSR count). The van der Waals surface area contributed by atoms with Crippen molar-refractivity contribution in [2.45, 2.75) is 33.1 Å². The van der Waals surface area contributed by atoms with E-state index in [1.54, 1.807) is 48.5 Å². The molecule has 0 saturated heterocycles. The van der Waals surface area contributed by atoms with E-state index >= 15 is 0 Å². The van der Waals surface area contributed by atoms with Crippen molar-refractivity contribution in [3.8, 4) is 0 Å². The van der Waals surface area contributed by atoms with Crippen molar-refractivity contribution < 1.29 is 28.7 Å². The molecule has 32 heavy (non-hydrogen) atoms. The Labute approximate surface area is 195 Å². The molecule has 0 aromatic heterocycles. The van der Waals surface area contributed by atoms with E-state index in [1.807, 2.05) is 0 Å². The summed E-state index contributed by atoms with van der Waals surface area (Å²) in [7, 11) is 0. The van der Waals surface area contributed by atoms with Crippen LogP contribution in [-0.4, -0.2) is 36.8 Å².